The maximum absolute atomic E-state index is 10.4. The Bertz CT molecular complexity index is 174. The highest BCUT2D eigenvalue weighted by Gasteiger charge is 2.05. The first kappa shape index (κ1) is 15.2. The Balaban J connectivity index is 3.30. The summed E-state index contributed by atoms with van der Waals surface area (Å²) >= 11 is 0. The topological polar surface area (TPSA) is 64.3 Å². The van der Waals surface area contributed by atoms with Crippen LogP contribution in [-0.2, 0) is 4.74 Å². The molecule has 1 atom stereocenters. The molecule has 0 heterocycles. The summed E-state index contributed by atoms with van der Waals surface area (Å²) in [5.74, 6) is 0.684. The van der Waals surface area contributed by atoms with Crippen LogP contribution < -0.4 is 11.1 Å². The van der Waals surface area contributed by atoms with Crippen molar-refractivity contribution in [1.82, 2.24) is 5.32 Å². The van der Waals surface area contributed by atoms with Gasteiger partial charge in [0.05, 0.1) is 0 Å². The minimum atomic E-state index is -0.464. The number of ether oxygens (including phenoxy) is 1. The molecule has 0 aromatic carbocycles. The van der Waals surface area contributed by atoms with Gasteiger partial charge in [-0.2, -0.15) is 0 Å². The Morgan fingerprint density at radius 3 is 2.69 bits per heavy atom. The molecule has 0 saturated heterocycles. The number of carbonyl (C=O) groups excluding carboxylic acids is 1. The molecule has 3 N–H and O–H groups in total. The molecular formula is C12H26N2O2. The van der Waals surface area contributed by atoms with E-state index in [-0.39, 0.29) is 0 Å². The van der Waals surface area contributed by atoms with E-state index < -0.39 is 6.03 Å². The maximum Gasteiger partial charge on any atom is 0.312 e. The molecule has 0 spiro atoms. The van der Waals surface area contributed by atoms with Crippen molar-refractivity contribution in [2.45, 2.75) is 46.0 Å². The van der Waals surface area contributed by atoms with E-state index in [1.54, 1.807) is 0 Å². The zero-order chi connectivity index (χ0) is 12.2. The molecule has 2 amide bonds. The summed E-state index contributed by atoms with van der Waals surface area (Å²) in [7, 11) is 0. The van der Waals surface area contributed by atoms with Crippen molar-refractivity contribution < 1.29 is 9.53 Å². The van der Waals surface area contributed by atoms with Crippen LogP contribution in [0.1, 0.15) is 46.0 Å². The zero-order valence-electron chi connectivity index (χ0n) is 10.6. The molecule has 0 aromatic rings. The SMILES string of the molecule is CCCCC(CC)COCCCNC(N)=O. The van der Waals surface area contributed by atoms with Gasteiger partial charge in [0.1, 0.15) is 0 Å². The van der Waals surface area contributed by atoms with Crippen LogP contribution in [-0.4, -0.2) is 25.8 Å². The van der Waals surface area contributed by atoms with Gasteiger partial charge in [-0.1, -0.05) is 33.1 Å². The van der Waals surface area contributed by atoms with E-state index in [4.69, 9.17) is 10.5 Å². The van der Waals surface area contributed by atoms with Gasteiger partial charge in [0.2, 0.25) is 0 Å². The molecule has 4 heteroatoms. The molecule has 0 aliphatic heterocycles. The highest BCUT2D eigenvalue weighted by molar-refractivity contribution is 5.71. The van der Waals surface area contributed by atoms with Crippen LogP contribution in [0.15, 0.2) is 0 Å². The van der Waals surface area contributed by atoms with Crippen LogP contribution >= 0.6 is 0 Å². The Kier molecular flexibility index (Phi) is 10.2. The zero-order valence-corrected chi connectivity index (χ0v) is 10.6. The van der Waals surface area contributed by atoms with Crippen molar-refractivity contribution >= 4 is 6.03 Å². The number of primary amides is 1. The quantitative estimate of drug-likeness (QED) is 0.565. The lowest BCUT2D eigenvalue weighted by Gasteiger charge is -2.14. The first-order valence-corrected chi connectivity index (χ1v) is 6.31. The first-order chi connectivity index (χ1) is 7.70. The number of hydrogen-bond donors (Lipinski definition) is 2. The molecule has 0 saturated carbocycles. The molecule has 0 aromatic heterocycles. The third-order valence-corrected chi connectivity index (χ3v) is 2.66. The fraction of sp³-hybridized carbons (Fsp3) is 0.917. The lowest BCUT2D eigenvalue weighted by atomic mass is 10.0. The van der Waals surface area contributed by atoms with E-state index in [0.717, 1.165) is 13.0 Å². The van der Waals surface area contributed by atoms with Crippen molar-refractivity contribution in [1.29, 1.82) is 0 Å². The lowest BCUT2D eigenvalue weighted by molar-refractivity contribution is 0.0925. The molecule has 16 heavy (non-hydrogen) atoms. The van der Waals surface area contributed by atoms with Crippen LogP contribution in [0.4, 0.5) is 4.79 Å². The summed E-state index contributed by atoms with van der Waals surface area (Å²) in [6.07, 6.45) is 5.79. The van der Waals surface area contributed by atoms with Crippen molar-refractivity contribution in [3.8, 4) is 0 Å². The van der Waals surface area contributed by atoms with E-state index in [1.165, 1.54) is 25.7 Å². The van der Waals surface area contributed by atoms with E-state index in [9.17, 15) is 4.79 Å². The number of nitrogens with one attached hydrogen (secondary N) is 1. The molecule has 0 fully saturated rings. The summed E-state index contributed by atoms with van der Waals surface area (Å²) in [6, 6.07) is -0.464. The van der Waals surface area contributed by atoms with E-state index >= 15 is 0 Å². The van der Waals surface area contributed by atoms with E-state index in [1.807, 2.05) is 0 Å². The number of nitrogens with two attached hydrogens (primary N) is 1. The van der Waals surface area contributed by atoms with Crippen LogP contribution in [0.2, 0.25) is 0 Å². The fourth-order valence-electron chi connectivity index (χ4n) is 1.53. The average Bonchev–Trinajstić information content (AvgIpc) is 2.26. The van der Waals surface area contributed by atoms with Gasteiger partial charge < -0.3 is 15.8 Å². The highest BCUT2D eigenvalue weighted by Crippen LogP contribution is 2.12. The molecule has 96 valence electrons. The molecular weight excluding hydrogens is 204 g/mol. The minimum Gasteiger partial charge on any atom is -0.381 e. The summed E-state index contributed by atoms with van der Waals surface area (Å²) < 4.78 is 5.57. The summed E-state index contributed by atoms with van der Waals surface area (Å²) in [6.45, 7) is 6.55. The number of unbranched alkanes of at least 4 members (excludes halogenated alkanes) is 1. The molecule has 0 bridgehead atoms. The molecule has 0 radical (unpaired) electrons. The van der Waals surface area contributed by atoms with Crippen LogP contribution in [0.25, 0.3) is 0 Å². The Hall–Kier alpha value is -0.770. The minimum absolute atomic E-state index is 0.464. The Morgan fingerprint density at radius 1 is 1.38 bits per heavy atom. The van der Waals surface area contributed by atoms with Gasteiger partial charge in [-0.25, -0.2) is 4.79 Å². The van der Waals surface area contributed by atoms with Crippen LogP contribution in [0, 0.1) is 5.92 Å². The smallest absolute Gasteiger partial charge is 0.312 e. The van der Waals surface area contributed by atoms with Crippen LogP contribution in [0.5, 0.6) is 0 Å². The molecule has 1 unspecified atom stereocenters. The third-order valence-electron chi connectivity index (χ3n) is 2.66. The second-order valence-corrected chi connectivity index (χ2v) is 4.14. The first-order valence-electron chi connectivity index (χ1n) is 6.31. The van der Waals surface area contributed by atoms with Gasteiger partial charge in [-0.05, 0) is 18.8 Å². The van der Waals surface area contributed by atoms with Gasteiger partial charge in [0.25, 0.3) is 0 Å². The molecule has 4 nitrogen and oxygen atoms in total. The average molecular weight is 230 g/mol. The lowest BCUT2D eigenvalue weighted by Crippen LogP contribution is -2.30. The summed E-state index contributed by atoms with van der Waals surface area (Å²) in [5.41, 5.74) is 4.94. The second kappa shape index (κ2) is 10.7. The van der Waals surface area contributed by atoms with E-state index in [0.29, 0.717) is 19.1 Å². The predicted molar refractivity (Wildman–Crippen MR) is 66.3 cm³/mol. The second-order valence-electron chi connectivity index (χ2n) is 4.14. The van der Waals surface area contributed by atoms with Crippen molar-refractivity contribution in [3.63, 3.8) is 0 Å². The van der Waals surface area contributed by atoms with Gasteiger partial charge >= 0.3 is 6.03 Å². The van der Waals surface area contributed by atoms with E-state index in [2.05, 4.69) is 19.2 Å². The van der Waals surface area contributed by atoms with Gasteiger partial charge in [-0.15, -0.1) is 0 Å². The van der Waals surface area contributed by atoms with Crippen molar-refractivity contribution in [2.75, 3.05) is 19.8 Å². The third kappa shape index (κ3) is 9.77. The number of rotatable bonds is 10. The van der Waals surface area contributed by atoms with Gasteiger partial charge in [0, 0.05) is 19.8 Å². The van der Waals surface area contributed by atoms with Crippen molar-refractivity contribution in [3.05, 3.63) is 0 Å². The Labute approximate surface area is 98.9 Å². The number of amides is 2. The summed E-state index contributed by atoms with van der Waals surface area (Å²) in [5, 5.41) is 2.54. The molecule has 0 rings (SSSR count). The van der Waals surface area contributed by atoms with Crippen LogP contribution in [0.3, 0.4) is 0 Å². The maximum atomic E-state index is 10.4. The van der Waals surface area contributed by atoms with Gasteiger partial charge in [0.15, 0.2) is 0 Å². The fourth-order valence-corrected chi connectivity index (χ4v) is 1.53. The number of hydrogen-bond acceptors (Lipinski definition) is 2. The summed E-state index contributed by atoms with van der Waals surface area (Å²) in [4.78, 5) is 10.4. The predicted octanol–water partition coefficient (Wildman–Crippen LogP) is 2.28. The molecule has 0 aliphatic rings. The monoisotopic (exact) mass is 230 g/mol. The van der Waals surface area contributed by atoms with Gasteiger partial charge in [-0.3, -0.25) is 0 Å². The van der Waals surface area contributed by atoms with Crippen molar-refractivity contribution in [2.24, 2.45) is 11.7 Å². The number of urea groups is 1. The standard InChI is InChI=1S/C12H26N2O2/c1-3-5-7-11(4-2)10-16-9-6-8-14-12(13)15/h11H,3-10H2,1-2H3,(H3,13,14,15). The largest absolute Gasteiger partial charge is 0.381 e. The Morgan fingerprint density at radius 2 is 2.12 bits per heavy atom. The number of carbonyl (C=O) groups is 1. The normalized spacial score (nSPS) is 12.4. The molecule has 0 aliphatic carbocycles. The highest BCUT2D eigenvalue weighted by atomic mass is 16.5.